The molecular weight excluding hydrogens is 379 g/mol. The predicted octanol–water partition coefficient (Wildman–Crippen LogP) is 3.22. The van der Waals surface area contributed by atoms with Gasteiger partial charge in [-0.15, -0.1) is 10.2 Å². The van der Waals surface area contributed by atoms with Crippen molar-refractivity contribution in [2.75, 3.05) is 13.2 Å². The molecule has 0 aliphatic heterocycles. The molecule has 0 bridgehead atoms. The van der Waals surface area contributed by atoms with Gasteiger partial charge in [-0.2, -0.15) is 9.78 Å². The van der Waals surface area contributed by atoms with Gasteiger partial charge >= 0.3 is 0 Å². The number of aryl methyl sites for hydroxylation is 1. The van der Waals surface area contributed by atoms with Crippen LogP contribution in [-0.4, -0.2) is 34.3 Å². The largest absolute Gasteiger partial charge is 0.322 e. The Labute approximate surface area is 155 Å². The first-order valence-electron chi connectivity index (χ1n) is 7.63. The highest BCUT2D eigenvalue weighted by Gasteiger charge is 2.24. The van der Waals surface area contributed by atoms with Gasteiger partial charge in [-0.1, -0.05) is 30.3 Å². The van der Waals surface area contributed by atoms with Crippen LogP contribution in [0.1, 0.15) is 25.1 Å². The van der Waals surface area contributed by atoms with Crippen LogP contribution < -0.4 is 5.56 Å². The summed E-state index contributed by atoms with van der Waals surface area (Å²) in [5.74, 6) is 0. The normalized spacial score (nSPS) is 12.0. The summed E-state index contributed by atoms with van der Waals surface area (Å²) in [4.78, 5) is 12.4. The smallest absolute Gasteiger partial charge is 0.296 e. The maximum Gasteiger partial charge on any atom is 0.296 e. The first-order valence-corrected chi connectivity index (χ1v) is 11.7. The summed E-state index contributed by atoms with van der Waals surface area (Å²) < 4.78 is 12.4. The zero-order valence-corrected chi connectivity index (χ0v) is 16.7. The van der Waals surface area contributed by atoms with Crippen LogP contribution in [0.5, 0.6) is 0 Å². The molecular formula is C15H19N4O3PS2. The van der Waals surface area contributed by atoms with E-state index < -0.39 is 5.69 Å². The Kier molecular flexibility index (Phi) is 7.46. The lowest BCUT2D eigenvalue weighted by molar-refractivity contribution is 0.280. The summed E-state index contributed by atoms with van der Waals surface area (Å²) in [7, 11) is 0. The van der Waals surface area contributed by atoms with Crippen molar-refractivity contribution in [1.29, 1.82) is 0 Å². The van der Waals surface area contributed by atoms with E-state index in [0.717, 1.165) is 16.9 Å². The highest BCUT2D eigenvalue weighted by Crippen LogP contribution is 2.63. The zero-order chi connectivity index (χ0) is 18.3. The van der Waals surface area contributed by atoms with E-state index in [2.05, 4.69) is 15.3 Å². The minimum Gasteiger partial charge on any atom is -0.322 e. The lowest BCUT2D eigenvalue weighted by Crippen LogP contribution is -2.23. The van der Waals surface area contributed by atoms with Crippen LogP contribution in [0, 0.1) is 6.92 Å². The van der Waals surface area contributed by atoms with Crippen molar-refractivity contribution in [3.63, 3.8) is 0 Å². The van der Waals surface area contributed by atoms with E-state index in [1.807, 2.05) is 44.2 Å². The van der Waals surface area contributed by atoms with Gasteiger partial charge < -0.3 is 9.05 Å². The molecule has 0 unspecified atom stereocenters. The molecule has 0 N–H and O–H groups in total. The molecule has 1 aromatic carbocycles. The lowest BCUT2D eigenvalue weighted by atomic mass is 10.2. The second-order valence-corrected chi connectivity index (χ2v) is 10.8. The van der Waals surface area contributed by atoms with Gasteiger partial charge in [-0.3, -0.25) is 4.79 Å². The van der Waals surface area contributed by atoms with Crippen molar-refractivity contribution < 1.29 is 9.05 Å². The Morgan fingerprint density at radius 3 is 2.48 bits per heavy atom. The minimum atomic E-state index is -2.68. The molecule has 2 rings (SSSR count). The van der Waals surface area contributed by atoms with E-state index in [1.54, 1.807) is 13.1 Å². The van der Waals surface area contributed by atoms with Crippen molar-refractivity contribution in [2.24, 2.45) is 5.10 Å². The third kappa shape index (κ3) is 5.55. The third-order valence-corrected chi connectivity index (χ3v) is 7.75. The molecule has 10 heteroatoms. The molecule has 0 fully saturated rings. The maximum absolute atomic E-state index is 12.4. The molecule has 1 aromatic heterocycles. The van der Waals surface area contributed by atoms with E-state index in [-0.39, 0.29) is 16.4 Å². The van der Waals surface area contributed by atoms with Crippen molar-refractivity contribution in [1.82, 2.24) is 14.9 Å². The topological polar surface area (TPSA) is 78.6 Å². The van der Waals surface area contributed by atoms with Crippen LogP contribution in [0.15, 0.2) is 45.4 Å². The van der Waals surface area contributed by atoms with Gasteiger partial charge in [-0.25, -0.2) is 0 Å². The monoisotopic (exact) mass is 398 g/mol. The van der Waals surface area contributed by atoms with Gasteiger partial charge in [0.1, 0.15) is 5.69 Å². The Morgan fingerprint density at radius 1 is 1.24 bits per heavy atom. The summed E-state index contributed by atoms with van der Waals surface area (Å²) >= 11 is 6.57. The van der Waals surface area contributed by atoms with Gasteiger partial charge in [0, 0.05) is 11.4 Å². The number of aromatic nitrogens is 3. The summed E-state index contributed by atoms with van der Waals surface area (Å²) in [6.07, 6.45) is 1.58. The maximum atomic E-state index is 12.4. The minimum absolute atomic E-state index is 0.244. The quantitative estimate of drug-likeness (QED) is 0.499. The molecule has 0 spiro atoms. The Balaban J connectivity index is 2.42. The molecule has 2 aromatic rings. The van der Waals surface area contributed by atoms with Crippen LogP contribution in [0.3, 0.4) is 0 Å². The second kappa shape index (κ2) is 9.35. The van der Waals surface area contributed by atoms with Crippen LogP contribution in [0.4, 0.5) is 0 Å². The van der Waals surface area contributed by atoms with Gasteiger partial charge in [0.15, 0.2) is 0 Å². The summed E-state index contributed by atoms with van der Waals surface area (Å²) in [6, 6.07) is 9.45. The average molecular weight is 398 g/mol. The van der Waals surface area contributed by atoms with E-state index in [9.17, 15) is 4.79 Å². The van der Waals surface area contributed by atoms with Crippen molar-refractivity contribution >= 4 is 35.1 Å². The first kappa shape index (κ1) is 19.9. The highest BCUT2D eigenvalue weighted by atomic mass is 32.9. The van der Waals surface area contributed by atoms with Gasteiger partial charge in [-0.05, 0) is 38.1 Å². The van der Waals surface area contributed by atoms with E-state index in [4.69, 9.17) is 20.9 Å². The highest BCUT2D eigenvalue weighted by molar-refractivity contribution is 8.67. The van der Waals surface area contributed by atoms with Crippen LogP contribution >= 0.6 is 17.1 Å². The molecule has 0 radical (unpaired) electrons. The number of nitrogens with zero attached hydrogens (tertiary/aromatic N) is 4. The van der Waals surface area contributed by atoms with Crippen LogP contribution in [0.2, 0.25) is 0 Å². The first-order chi connectivity index (χ1) is 12.0. The fourth-order valence-corrected chi connectivity index (χ4v) is 6.19. The van der Waals surface area contributed by atoms with Gasteiger partial charge in [0.2, 0.25) is 5.16 Å². The van der Waals surface area contributed by atoms with Crippen molar-refractivity contribution in [3.8, 4) is 0 Å². The molecule has 0 amide bonds. The van der Waals surface area contributed by atoms with Gasteiger partial charge in [0.25, 0.3) is 11.3 Å². The summed E-state index contributed by atoms with van der Waals surface area (Å²) in [5.41, 5.74) is -1.95. The molecule has 0 aliphatic rings. The van der Waals surface area contributed by atoms with E-state index >= 15 is 0 Å². The van der Waals surface area contributed by atoms with Crippen LogP contribution in [0.25, 0.3) is 0 Å². The van der Waals surface area contributed by atoms with E-state index in [0.29, 0.717) is 13.2 Å². The van der Waals surface area contributed by atoms with Crippen LogP contribution in [-0.2, 0) is 20.9 Å². The zero-order valence-electron chi connectivity index (χ0n) is 14.2. The number of benzene rings is 1. The average Bonchev–Trinajstić information content (AvgIpc) is 2.59. The SMILES string of the molecule is CCOP(=S)(OCC)Sc1nnc(C)c(=O)n1/N=C/c1ccccc1. The Bertz CT molecular complexity index is 832. The van der Waals surface area contributed by atoms with Crippen molar-refractivity contribution in [3.05, 3.63) is 51.9 Å². The molecule has 0 saturated heterocycles. The molecule has 7 nitrogen and oxygen atoms in total. The molecule has 0 saturated carbocycles. The number of hydrogen-bond acceptors (Lipinski definition) is 8. The predicted molar refractivity (Wildman–Crippen MR) is 104 cm³/mol. The fraction of sp³-hybridized carbons (Fsp3) is 0.333. The fourth-order valence-electron chi connectivity index (χ4n) is 1.77. The summed E-state index contributed by atoms with van der Waals surface area (Å²) in [6.45, 7) is 6.06. The number of rotatable bonds is 8. The number of hydrogen-bond donors (Lipinski definition) is 0. The molecule has 25 heavy (non-hydrogen) atoms. The molecule has 134 valence electrons. The molecule has 0 atom stereocenters. The van der Waals surface area contributed by atoms with E-state index in [1.165, 1.54) is 4.68 Å². The second-order valence-electron chi connectivity index (χ2n) is 4.71. The van der Waals surface area contributed by atoms with Gasteiger partial charge in [0.05, 0.1) is 19.4 Å². The molecule has 1 heterocycles. The standard InChI is InChI=1S/C15H19N4O3PS2/c1-4-21-23(24,22-5-2)25-15-18-17-12(3)14(20)19(15)16-11-13-9-7-6-8-10-13/h6-11H,4-5H2,1-3H3/b16-11+. The lowest BCUT2D eigenvalue weighted by Gasteiger charge is -2.19. The summed E-state index contributed by atoms with van der Waals surface area (Å²) in [5, 5.41) is 12.4. The Morgan fingerprint density at radius 2 is 1.88 bits per heavy atom. The third-order valence-electron chi connectivity index (χ3n) is 2.86. The Hall–Kier alpha value is -1.38. The van der Waals surface area contributed by atoms with Crippen molar-refractivity contribution in [2.45, 2.75) is 25.9 Å². The molecule has 0 aliphatic carbocycles.